The molecule has 5 atom stereocenters. The lowest BCUT2D eigenvalue weighted by atomic mass is 10.0. The summed E-state index contributed by atoms with van der Waals surface area (Å²) in [4.78, 5) is 48.2. The number of carboxylic acids is 1. The second-order valence-corrected chi connectivity index (χ2v) is 6.85. The molecule has 12 nitrogen and oxygen atoms in total. The zero-order chi connectivity index (χ0) is 23.6. The Hall–Kier alpha value is -3.06. The summed E-state index contributed by atoms with van der Waals surface area (Å²) in [5, 5.41) is 44.1. The third kappa shape index (κ3) is 8.30. The van der Waals surface area contributed by atoms with Crippen molar-refractivity contribution in [3.63, 3.8) is 0 Å². The maximum absolute atomic E-state index is 12.6. The van der Waals surface area contributed by atoms with Gasteiger partial charge in [0.25, 0.3) is 0 Å². The van der Waals surface area contributed by atoms with Crippen LogP contribution in [0.4, 0.5) is 0 Å². The minimum atomic E-state index is -1.57. The number of hydrogen-bond donors (Lipinski definition) is 8. The second-order valence-electron chi connectivity index (χ2n) is 6.85. The van der Waals surface area contributed by atoms with E-state index < -0.39 is 67.2 Å². The molecule has 172 valence electrons. The van der Waals surface area contributed by atoms with Gasteiger partial charge in [-0.2, -0.15) is 0 Å². The van der Waals surface area contributed by atoms with Crippen molar-refractivity contribution in [2.45, 2.75) is 43.6 Å². The number of amides is 3. The maximum atomic E-state index is 12.6. The molecule has 0 aliphatic carbocycles. The number of hydrogen-bond acceptors (Lipinski definition) is 8. The van der Waals surface area contributed by atoms with Gasteiger partial charge in [0.15, 0.2) is 0 Å². The van der Waals surface area contributed by atoms with Crippen molar-refractivity contribution in [2.24, 2.45) is 5.73 Å². The lowest BCUT2D eigenvalue weighted by Crippen LogP contribution is -2.60. The van der Waals surface area contributed by atoms with Crippen LogP contribution in [0.1, 0.15) is 12.5 Å². The summed E-state index contributed by atoms with van der Waals surface area (Å²) in [6.45, 7) is -0.344. The molecule has 5 unspecified atom stereocenters. The van der Waals surface area contributed by atoms with Crippen molar-refractivity contribution in [1.82, 2.24) is 16.0 Å². The Morgan fingerprint density at radius 1 is 0.903 bits per heavy atom. The monoisotopic (exact) mass is 440 g/mol. The topological polar surface area (TPSA) is 211 Å². The van der Waals surface area contributed by atoms with Crippen LogP contribution in [0.2, 0.25) is 0 Å². The van der Waals surface area contributed by atoms with Gasteiger partial charge >= 0.3 is 5.97 Å². The summed E-state index contributed by atoms with van der Waals surface area (Å²) >= 11 is 0. The van der Waals surface area contributed by atoms with Crippen LogP contribution in [0.3, 0.4) is 0 Å². The van der Waals surface area contributed by atoms with E-state index in [2.05, 4.69) is 16.0 Å². The molecule has 1 aromatic carbocycles. The fourth-order valence-electron chi connectivity index (χ4n) is 2.53. The Morgan fingerprint density at radius 3 is 1.97 bits per heavy atom. The third-order valence-electron chi connectivity index (χ3n) is 4.31. The number of carbonyl (C=O) groups excluding carboxylic acids is 3. The van der Waals surface area contributed by atoms with Crippen LogP contribution in [0.25, 0.3) is 0 Å². The lowest BCUT2D eigenvalue weighted by Gasteiger charge is -2.25. The van der Waals surface area contributed by atoms with E-state index >= 15 is 0 Å². The van der Waals surface area contributed by atoms with E-state index in [1.54, 1.807) is 30.3 Å². The Kier molecular flexibility index (Phi) is 10.6. The predicted molar refractivity (Wildman–Crippen MR) is 107 cm³/mol. The molecule has 0 saturated carbocycles. The Labute approximate surface area is 178 Å². The summed E-state index contributed by atoms with van der Waals surface area (Å²) in [7, 11) is 0. The van der Waals surface area contributed by atoms with E-state index in [0.717, 1.165) is 0 Å². The zero-order valence-electron chi connectivity index (χ0n) is 16.9. The molecule has 0 saturated heterocycles. The van der Waals surface area contributed by atoms with Crippen molar-refractivity contribution >= 4 is 23.7 Å². The van der Waals surface area contributed by atoms with Crippen molar-refractivity contribution < 1.29 is 39.6 Å². The zero-order valence-corrected chi connectivity index (χ0v) is 16.9. The molecule has 0 aliphatic rings. The third-order valence-corrected chi connectivity index (χ3v) is 4.31. The van der Waals surface area contributed by atoms with Crippen molar-refractivity contribution in [2.75, 3.05) is 13.2 Å². The Bertz CT molecular complexity index is 759. The number of aliphatic carboxylic acids is 1. The van der Waals surface area contributed by atoms with Crippen LogP contribution in [0, 0.1) is 0 Å². The van der Waals surface area contributed by atoms with Crippen molar-refractivity contribution in [1.29, 1.82) is 0 Å². The van der Waals surface area contributed by atoms with Crippen LogP contribution in [-0.4, -0.2) is 87.6 Å². The van der Waals surface area contributed by atoms with E-state index in [1.165, 1.54) is 6.92 Å². The summed E-state index contributed by atoms with van der Waals surface area (Å²) in [6, 6.07) is 2.79. The first kappa shape index (κ1) is 26.0. The summed E-state index contributed by atoms with van der Waals surface area (Å²) in [5.41, 5.74) is 5.98. The van der Waals surface area contributed by atoms with Gasteiger partial charge in [0.1, 0.15) is 24.2 Å². The molecule has 0 fully saturated rings. The van der Waals surface area contributed by atoms with Crippen LogP contribution in [-0.2, 0) is 25.6 Å². The number of benzene rings is 1. The van der Waals surface area contributed by atoms with Gasteiger partial charge < -0.3 is 42.1 Å². The maximum Gasteiger partial charge on any atom is 0.326 e. The van der Waals surface area contributed by atoms with Crippen LogP contribution >= 0.6 is 0 Å². The molecule has 0 radical (unpaired) electrons. The first-order chi connectivity index (χ1) is 14.6. The van der Waals surface area contributed by atoms with E-state index in [4.69, 9.17) is 10.8 Å². The number of carboxylic acid groups (broad SMARTS) is 1. The molecule has 0 bridgehead atoms. The highest BCUT2D eigenvalue weighted by Gasteiger charge is 2.32. The van der Waals surface area contributed by atoms with Gasteiger partial charge in [0.2, 0.25) is 17.7 Å². The number of aliphatic hydroxyl groups is 3. The van der Waals surface area contributed by atoms with Gasteiger partial charge in [-0.25, -0.2) is 4.79 Å². The van der Waals surface area contributed by atoms with Crippen LogP contribution < -0.4 is 21.7 Å². The minimum absolute atomic E-state index is 0.0310. The highest BCUT2D eigenvalue weighted by molar-refractivity contribution is 5.94. The molecule has 1 rings (SSSR count). The standard InChI is InChI=1S/C19H28N4O8/c1-10(26)15(23-17(28)14(9-25)22-16(27)12(20)8-24)18(29)21-13(19(30)31)7-11-5-3-2-4-6-11/h2-6,10,12-15,24-26H,7-9,20H2,1H3,(H,21,29)(H,22,27)(H,23,28)(H,30,31). The molecule has 0 spiro atoms. The smallest absolute Gasteiger partial charge is 0.326 e. The summed E-state index contributed by atoms with van der Waals surface area (Å²) in [5.74, 6) is -4.21. The molecule has 3 amide bonds. The largest absolute Gasteiger partial charge is 0.480 e. The molecule has 0 aromatic heterocycles. The van der Waals surface area contributed by atoms with E-state index in [0.29, 0.717) is 5.56 Å². The number of rotatable bonds is 12. The molecule has 12 heteroatoms. The van der Waals surface area contributed by atoms with E-state index in [9.17, 15) is 34.5 Å². The highest BCUT2D eigenvalue weighted by Crippen LogP contribution is 2.05. The van der Waals surface area contributed by atoms with Crippen molar-refractivity contribution in [3.05, 3.63) is 35.9 Å². The quantitative estimate of drug-likeness (QED) is 0.161. The number of nitrogens with one attached hydrogen (secondary N) is 3. The van der Waals surface area contributed by atoms with Gasteiger partial charge in [0, 0.05) is 6.42 Å². The Balaban J connectivity index is 2.86. The molecule has 9 N–H and O–H groups in total. The SMILES string of the molecule is CC(O)C(NC(=O)C(CO)NC(=O)C(N)CO)C(=O)NC(Cc1ccccc1)C(=O)O. The fraction of sp³-hybridized carbons (Fsp3) is 0.474. The molecule has 1 aromatic rings. The first-order valence-corrected chi connectivity index (χ1v) is 9.43. The van der Waals surface area contributed by atoms with Gasteiger partial charge in [-0.3, -0.25) is 14.4 Å². The minimum Gasteiger partial charge on any atom is -0.480 e. The lowest BCUT2D eigenvalue weighted by molar-refractivity contribution is -0.143. The highest BCUT2D eigenvalue weighted by atomic mass is 16.4. The van der Waals surface area contributed by atoms with Crippen LogP contribution in [0.5, 0.6) is 0 Å². The molecule has 0 aliphatic heterocycles. The second kappa shape index (κ2) is 12.6. The van der Waals surface area contributed by atoms with Gasteiger partial charge in [0.05, 0.1) is 19.3 Å². The normalized spacial score (nSPS) is 15.6. The van der Waals surface area contributed by atoms with E-state index in [1.807, 2.05) is 0 Å². The van der Waals surface area contributed by atoms with Crippen LogP contribution in [0.15, 0.2) is 30.3 Å². The Morgan fingerprint density at radius 2 is 1.48 bits per heavy atom. The molecular weight excluding hydrogens is 412 g/mol. The molecule has 31 heavy (non-hydrogen) atoms. The van der Waals surface area contributed by atoms with Gasteiger partial charge in [-0.05, 0) is 12.5 Å². The molecule has 0 heterocycles. The average Bonchev–Trinajstić information content (AvgIpc) is 2.74. The molecular formula is C19H28N4O8. The number of carbonyl (C=O) groups is 4. The fourth-order valence-corrected chi connectivity index (χ4v) is 2.53. The van der Waals surface area contributed by atoms with Gasteiger partial charge in [-0.15, -0.1) is 0 Å². The summed E-state index contributed by atoms with van der Waals surface area (Å²) < 4.78 is 0. The first-order valence-electron chi connectivity index (χ1n) is 9.43. The van der Waals surface area contributed by atoms with Crippen molar-refractivity contribution in [3.8, 4) is 0 Å². The summed E-state index contributed by atoms with van der Waals surface area (Å²) in [6.07, 6.45) is -1.46. The number of nitrogens with two attached hydrogens (primary N) is 1. The predicted octanol–water partition coefficient (Wildman–Crippen LogP) is -3.54. The average molecular weight is 440 g/mol. The van der Waals surface area contributed by atoms with E-state index in [-0.39, 0.29) is 6.42 Å². The van der Waals surface area contributed by atoms with Gasteiger partial charge in [-0.1, -0.05) is 30.3 Å². The number of aliphatic hydroxyl groups excluding tert-OH is 3.